The van der Waals surface area contributed by atoms with Crippen LogP contribution < -0.4 is 0 Å². The van der Waals surface area contributed by atoms with E-state index in [9.17, 15) is 4.79 Å². The van der Waals surface area contributed by atoms with Gasteiger partial charge in [-0.1, -0.05) is 15.9 Å². The number of ether oxygens (including phenoxy) is 2. The standard InChI is InChI=1S/C10H16BrNO3/c1-14-10(13)9(11)6-12-4-7-2-3-8(5-12)15-7/h7-9H,2-6H2,1H3. The molecule has 2 fully saturated rings. The van der Waals surface area contributed by atoms with Gasteiger partial charge in [0.05, 0.1) is 19.3 Å². The molecule has 0 aliphatic carbocycles. The fourth-order valence-electron chi connectivity index (χ4n) is 2.28. The Labute approximate surface area is 98.0 Å². The zero-order valence-corrected chi connectivity index (χ0v) is 10.4. The van der Waals surface area contributed by atoms with E-state index in [2.05, 4.69) is 25.6 Å². The van der Waals surface area contributed by atoms with Crippen molar-refractivity contribution in [3.8, 4) is 0 Å². The SMILES string of the molecule is COC(=O)C(Br)CN1CC2CCC(C1)O2. The van der Waals surface area contributed by atoms with Crippen LogP contribution in [0.5, 0.6) is 0 Å². The number of hydrogen-bond acceptors (Lipinski definition) is 4. The summed E-state index contributed by atoms with van der Waals surface area (Å²) in [4.78, 5) is 13.3. The number of likely N-dealkylation sites (tertiary alicyclic amines) is 1. The largest absolute Gasteiger partial charge is 0.468 e. The summed E-state index contributed by atoms with van der Waals surface area (Å²) in [6, 6.07) is 0. The predicted molar refractivity (Wildman–Crippen MR) is 59.1 cm³/mol. The molecule has 0 amide bonds. The monoisotopic (exact) mass is 277 g/mol. The summed E-state index contributed by atoms with van der Waals surface area (Å²) in [5, 5.41) is 0. The van der Waals surface area contributed by atoms with Gasteiger partial charge in [0.1, 0.15) is 4.83 Å². The second-order valence-electron chi connectivity index (χ2n) is 4.17. The van der Waals surface area contributed by atoms with Gasteiger partial charge in [-0.25, -0.2) is 0 Å². The molecule has 0 radical (unpaired) electrons. The van der Waals surface area contributed by atoms with Crippen molar-refractivity contribution in [2.45, 2.75) is 29.9 Å². The topological polar surface area (TPSA) is 38.8 Å². The van der Waals surface area contributed by atoms with Crippen molar-refractivity contribution >= 4 is 21.9 Å². The summed E-state index contributed by atoms with van der Waals surface area (Å²) in [5.74, 6) is -0.200. The molecule has 15 heavy (non-hydrogen) atoms. The van der Waals surface area contributed by atoms with E-state index in [1.165, 1.54) is 7.11 Å². The fraction of sp³-hybridized carbons (Fsp3) is 0.900. The van der Waals surface area contributed by atoms with Crippen LogP contribution in [0.3, 0.4) is 0 Å². The van der Waals surface area contributed by atoms with E-state index in [0.29, 0.717) is 18.8 Å². The summed E-state index contributed by atoms with van der Waals surface area (Å²) in [6.45, 7) is 2.59. The first-order valence-electron chi connectivity index (χ1n) is 5.28. The first-order valence-corrected chi connectivity index (χ1v) is 6.20. The molecule has 3 unspecified atom stereocenters. The Hall–Kier alpha value is -0.130. The van der Waals surface area contributed by atoms with E-state index >= 15 is 0 Å². The fourth-order valence-corrected chi connectivity index (χ4v) is 2.87. The van der Waals surface area contributed by atoms with Crippen molar-refractivity contribution < 1.29 is 14.3 Å². The molecule has 2 rings (SSSR count). The summed E-state index contributed by atoms with van der Waals surface area (Å²) >= 11 is 3.34. The Kier molecular flexibility index (Phi) is 3.64. The van der Waals surface area contributed by atoms with Gasteiger partial charge >= 0.3 is 5.97 Å². The van der Waals surface area contributed by atoms with Crippen molar-refractivity contribution in [1.29, 1.82) is 0 Å². The van der Waals surface area contributed by atoms with Crippen LogP contribution in [0, 0.1) is 0 Å². The minimum atomic E-state index is -0.222. The lowest BCUT2D eigenvalue weighted by atomic mass is 10.2. The lowest BCUT2D eigenvalue weighted by molar-refractivity contribution is -0.140. The molecule has 4 nitrogen and oxygen atoms in total. The molecule has 3 atom stereocenters. The molecule has 0 aromatic carbocycles. The van der Waals surface area contributed by atoms with Crippen LogP contribution in [0.1, 0.15) is 12.8 Å². The van der Waals surface area contributed by atoms with E-state index in [1.54, 1.807) is 0 Å². The predicted octanol–water partition coefficient (Wildman–Crippen LogP) is 0.786. The summed E-state index contributed by atoms with van der Waals surface area (Å²) in [7, 11) is 1.42. The Morgan fingerprint density at radius 1 is 1.53 bits per heavy atom. The van der Waals surface area contributed by atoms with Crippen LogP contribution in [0.25, 0.3) is 0 Å². The molecular formula is C10H16BrNO3. The molecule has 2 aliphatic heterocycles. The van der Waals surface area contributed by atoms with Gasteiger partial charge in [-0.15, -0.1) is 0 Å². The van der Waals surface area contributed by atoms with E-state index in [0.717, 1.165) is 25.9 Å². The van der Waals surface area contributed by atoms with Crippen molar-refractivity contribution in [2.24, 2.45) is 0 Å². The zero-order chi connectivity index (χ0) is 10.8. The van der Waals surface area contributed by atoms with E-state index in [-0.39, 0.29) is 10.8 Å². The zero-order valence-electron chi connectivity index (χ0n) is 8.82. The number of fused-ring (bicyclic) bond motifs is 2. The minimum Gasteiger partial charge on any atom is -0.468 e. The summed E-state index contributed by atoms with van der Waals surface area (Å²) in [5.41, 5.74) is 0. The van der Waals surface area contributed by atoms with Gasteiger partial charge in [0.15, 0.2) is 0 Å². The number of hydrogen-bond donors (Lipinski definition) is 0. The molecule has 0 spiro atoms. The average Bonchev–Trinajstić information content (AvgIpc) is 2.57. The highest BCUT2D eigenvalue weighted by Gasteiger charge is 2.34. The smallest absolute Gasteiger partial charge is 0.320 e. The summed E-state index contributed by atoms with van der Waals surface area (Å²) < 4.78 is 10.4. The molecule has 5 heteroatoms. The molecule has 0 aromatic heterocycles. The number of alkyl halides is 1. The molecule has 86 valence electrons. The van der Waals surface area contributed by atoms with E-state index in [4.69, 9.17) is 4.74 Å². The first kappa shape index (κ1) is 11.4. The lowest BCUT2D eigenvalue weighted by Gasteiger charge is -2.32. The van der Waals surface area contributed by atoms with Gasteiger partial charge in [-0.05, 0) is 12.8 Å². The Balaban J connectivity index is 1.82. The van der Waals surface area contributed by atoms with Crippen molar-refractivity contribution in [1.82, 2.24) is 4.90 Å². The van der Waals surface area contributed by atoms with Crippen LogP contribution in [-0.4, -0.2) is 54.6 Å². The Morgan fingerprint density at radius 2 is 2.13 bits per heavy atom. The number of halogens is 1. The minimum absolute atomic E-state index is 0.200. The number of nitrogens with zero attached hydrogens (tertiary/aromatic N) is 1. The third kappa shape index (κ3) is 2.71. The maximum absolute atomic E-state index is 11.2. The van der Waals surface area contributed by atoms with Crippen molar-refractivity contribution in [3.63, 3.8) is 0 Å². The van der Waals surface area contributed by atoms with Gasteiger partial charge in [-0.2, -0.15) is 0 Å². The first-order chi connectivity index (χ1) is 7.19. The number of carbonyl (C=O) groups excluding carboxylic acids is 1. The number of morpholine rings is 1. The molecular weight excluding hydrogens is 262 g/mol. The van der Waals surface area contributed by atoms with Crippen molar-refractivity contribution in [2.75, 3.05) is 26.7 Å². The summed E-state index contributed by atoms with van der Waals surface area (Å²) in [6.07, 6.45) is 3.07. The van der Waals surface area contributed by atoms with Crippen LogP contribution >= 0.6 is 15.9 Å². The van der Waals surface area contributed by atoms with Gasteiger partial charge in [-0.3, -0.25) is 9.69 Å². The maximum atomic E-state index is 11.2. The van der Waals surface area contributed by atoms with Crippen molar-refractivity contribution in [3.05, 3.63) is 0 Å². The highest BCUT2D eigenvalue weighted by Crippen LogP contribution is 2.26. The van der Waals surface area contributed by atoms with Gasteiger partial charge < -0.3 is 9.47 Å². The van der Waals surface area contributed by atoms with Crippen LogP contribution in [0.15, 0.2) is 0 Å². The normalized spacial score (nSPS) is 32.7. The average molecular weight is 278 g/mol. The Morgan fingerprint density at radius 3 is 2.67 bits per heavy atom. The molecule has 0 aromatic rings. The van der Waals surface area contributed by atoms with Gasteiger partial charge in [0.2, 0.25) is 0 Å². The molecule has 0 saturated carbocycles. The lowest BCUT2D eigenvalue weighted by Crippen LogP contribution is -2.46. The third-order valence-corrected chi connectivity index (χ3v) is 3.66. The molecule has 0 N–H and O–H groups in total. The molecule has 2 saturated heterocycles. The number of rotatable bonds is 3. The number of carbonyl (C=O) groups is 1. The van der Waals surface area contributed by atoms with Gasteiger partial charge in [0.25, 0.3) is 0 Å². The van der Waals surface area contributed by atoms with Gasteiger partial charge in [0, 0.05) is 19.6 Å². The van der Waals surface area contributed by atoms with Crippen LogP contribution in [-0.2, 0) is 14.3 Å². The number of esters is 1. The highest BCUT2D eigenvalue weighted by atomic mass is 79.9. The second kappa shape index (κ2) is 4.80. The quantitative estimate of drug-likeness (QED) is 0.565. The Bertz CT molecular complexity index is 237. The maximum Gasteiger partial charge on any atom is 0.320 e. The van der Waals surface area contributed by atoms with E-state index in [1.807, 2.05) is 0 Å². The third-order valence-electron chi connectivity index (χ3n) is 2.99. The number of methoxy groups -OCH3 is 1. The van der Waals surface area contributed by atoms with Crippen LogP contribution in [0.2, 0.25) is 0 Å². The van der Waals surface area contributed by atoms with Crippen LogP contribution in [0.4, 0.5) is 0 Å². The molecule has 2 heterocycles. The van der Waals surface area contributed by atoms with E-state index < -0.39 is 0 Å². The second-order valence-corrected chi connectivity index (χ2v) is 5.27. The highest BCUT2D eigenvalue weighted by molar-refractivity contribution is 9.10. The molecule has 2 bridgehead atoms. The molecule has 2 aliphatic rings.